The van der Waals surface area contributed by atoms with Crippen molar-refractivity contribution >= 4 is 29.9 Å². The Hall–Kier alpha value is -1.77. The van der Waals surface area contributed by atoms with Crippen molar-refractivity contribution < 1.29 is 4.74 Å². The highest BCUT2D eigenvalue weighted by Gasteiger charge is 2.25. The summed E-state index contributed by atoms with van der Waals surface area (Å²) in [6.45, 7) is 6.95. The van der Waals surface area contributed by atoms with Crippen LogP contribution in [0.4, 0.5) is 0 Å². The first-order valence-corrected chi connectivity index (χ1v) is 9.70. The maximum Gasteiger partial charge on any atom is 0.193 e. The van der Waals surface area contributed by atoms with Crippen LogP contribution in [0.1, 0.15) is 24.5 Å². The molecule has 1 saturated heterocycles. The summed E-state index contributed by atoms with van der Waals surface area (Å²) in [5.41, 5.74) is 2.55. The molecule has 1 aliphatic rings. The number of ether oxygens (including phenoxy) is 1. The van der Waals surface area contributed by atoms with Gasteiger partial charge in [-0.15, -0.1) is 24.0 Å². The molecule has 3 rings (SSSR count). The number of likely N-dealkylation sites (tertiary alicyclic amines) is 1. The van der Waals surface area contributed by atoms with E-state index in [1.54, 1.807) is 0 Å². The van der Waals surface area contributed by atoms with Crippen molar-refractivity contribution in [2.75, 3.05) is 26.7 Å². The van der Waals surface area contributed by atoms with Crippen LogP contribution in [-0.4, -0.2) is 53.4 Å². The second-order valence-corrected chi connectivity index (χ2v) is 7.50. The fraction of sp³-hybridized carbons (Fsp3) is 0.524. The van der Waals surface area contributed by atoms with Gasteiger partial charge >= 0.3 is 0 Å². The first-order chi connectivity index (χ1) is 13.0. The minimum Gasteiger partial charge on any atom is -0.489 e. The number of halogens is 1. The molecule has 2 atom stereocenters. The van der Waals surface area contributed by atoms with Crippen LogP contribution >= 0.6 is 24.0 Å². The molecule has 0 spiro atoms. The van der Waals surface area contributed by atoms with Crippen LogP contribution < -0.4 is 10.1 Å². The van der Waals surface area contributed by atoms with E-state index < -0.39 is 0 Å². The van der Waals surface area contributed by atoms with E-state index in [2.05, 4.69) is 52.5 Å². The molecule has 1 fully saturated rings. The van der Waals surface area contributed by atoms with Crippen molar-refractivity contribution in [3.63, 3.8) is 0 Å². The molecule has 2 aromatic rings. The summed E-state index contributed by atoms with van der Waals surface area (Å²) < 4.78 is 7.86. The third-order valence-electron chi connectivity index (χ3n) is 4.99. The zero-order chi connectivity index (χ0) is 19.2. The molecule has 0 aliphatic carbocycles. The number of aryl methyl sites for hydroxylation is 2. The van der Waals surface area contributed by atoms with Gasteiger partial charge in [-0.2, -0.15) is 5.10 Å². The Labute approximate surface area is 185 Å². The van der Waals surface area contributed by atoms with Gasteiger partial charge in [-0.05, 0) is 50.3 Å². The zero-order valence-electron chi connectivity index (χ0n) is 17.3. The summed E-state index contributed by atoms with van der Waals surface area (Å²) >= 11 is 0. The molecule has 1 N–H and O–H groups in total. The van der Waals surface area contributed by atoms with Gasteiger partial charge in [0.1, 0.15) is 11.9 Å². The van der Waals surface area contributed by atoms with Gasteiger partial charge in [0.2, 0.25) is 0 Å². The van der Waals surface area contributed by atoms with E-state index in [1.807, 2.05) is 37.1 Å². The Morgan fingerprint density at radius 3 is 2.75 bits per heavy atom. The highest BCUT2D eigenvalue weighted by atomic mass is 127. The molecular formula is C21H32IN5O. The number of aliphatic imine (C=N–C) groups is 1. The van der Waals surface area contributed by atoms with E-state index in [9.17, 15) is 0 Å². The van der Waals surface area contributed by atoms with Crippen LogP contribution in [-0.2, 0) is 13.5 Å². The third-order valence-corrected chi connectivity index (χ3v) is 4.99. The number of hydrogen-bond donors (Lipinski definition) is 1. The maximum atomic E-state index is 5.98. The van der Waals surface area contributed by atoms with E-state index in [0.29, 0.717) is 5.92 Å². The second-order valence-electron chi connectivity index (χ2n) is 7.50. The average Bonchev–Trinajstić information content (AvgIpc) is 3.27. The van der Waals surface area contributed by atoms with Crippen molar-refractivity contribution in [1.29, 1.82) is 0 Å². The van der Waals surface area contributed by atoms with Crippen molar-refractivity contribution in [3.05, 3.63) is 47.8 Å². The molecule has 0 radical (unpaired) electrons. The van der Waals surface area contributed by atoms with Crippen LogP contribution in [0.5, 0.6) is 5.75 Å². The number of aromatic nitrogens is 2. The van der Waals surface area contributed by atoms with Crippen LogP contribution in [0.25, 0.3) is 0 Å². The van der Waals surface area contributed by atoms with Gasteiger partial charge in [0.15, 0.2) is 5.96 Å². The lowest BCUT2D eigenvalue weighted by Gasteiger charge is -2.23. The normalized spacial score (nSPS) is 17.9. The molecule has 0 amide bonds. The third kappa shape index (κ3) is 6.39. The number of hydrogen-bond acceptors (Lipinski definition) is 3. The monoisotopic (exact) mass is 497 g/mol. The largest absolute Gasteiger partial charge is 0.489 e. The quantitative estimate of drug-likeness (QED) is 0.378. The Morgan fingerprint density at radius 1 is 1.36 bits per heavy atom. The van der Waals surface area contributed by atoms with Crippen molar-refractivity contribution in [2.45, 2.75) is 32.8 Å². The standard InChI is InChI=1S/C21H31N5O.HI/c1-16-5-7-20(8-6-16)27-17(2)12-23-21(22-3)26-10-9-18(15-26)11-19-13-24-25(4)14-19;/h5-8,13-14,17-18H,9-12,15H2,1-4H3,(H,22,23);1H. The molecule has 0 bridgehead atoms. The molecule has 28 heavy (non-hydrogen) atoms. The van der Waals surface area contributed by atoms with Gasteiger partial charge < -0.3 is 15.0 Å². The number of rotatable bonds is 6. The van der Waals surface area contributed by atoms with Crippen LogP contribution in [0.2, 0.25) is 0 Å². The number of nitrogens with one attached hydrogen (secondary N) is 1. The van der Waals surface area contributed by atoms with Crippen molar-refractivity contribution in [1.82, 2.24) is 20.0 Å². The molecular weight excluding hydrogens is 465 g/mol. The summed E-state index contributed by atoms with van der Waals surface area (Å²) in [5.74, 6) is 2.51. The van der Waals surface area contributed by atoms with Gasteiger partial charge in [-0.1, -0.05) is 17.7 Å². The molecule has 2 heterocycles. The second kappa shape index (κ2) is 10.7. The fourth-order valence-electron chi connectivity index (χ4n) is 3.56. The molecule has 0 saturated carbocycles. The average molecular weight is 497 g/mol. The van der Waals surface area contributed by atoms with Gasteiger partial charge in [-0.25, -0.2) is 0 Å². The number of guanidine groups is 1. The molecule has 1 aromatic carbocycles. The smallest absolute Gasteiger partial charge is 0.193 e. The first-order valence-electron chi connectivity index (χ1n) is 9.70. The predicted octanol–water partition coefficient (Wildman–Crippen LogP) is 3.25. The fourth-order valence-corrected chi connectivity index (χ4v) is 3.56. The number of nitrogens with zero attached hydrogens (tertiary/aromatic N) is 4. The van der Waals surface area contributed by atoms with Gasteiger partial charge in [0, 0.05) is 33.4 Å². The van der Waals surface area contributed by atoms with E-state index >= 15 is 0 Å². The lowest BCUT2D eigenvalue weighted by molar-refractivity contribution is 0.222. The van der Waals surface area contributed by atoms with E-state index in [-0.39, 0.29) is 30.1 Å². The molecule has 1 aliphatic heterocycles. The number of benzene rings is 1. The molecule has 1 aromatic heterocycles. The predicted molar refractivity (Wildman–Crippen MR) is 125 cm³/mol. The topological polar surface area (TPSA) is 54.7 Å². The van der Waals surface area contributed by atoms with Gasteiger partial charge in [0.05, 0.1) is 12.7 Å². The minimum absolute atomic E-state index is 0. The Bertz CT molecular complexity index is 758. The zero-order valence-corrected chi connectivity index (χ0v) is 19.6. The summed E-state index contributed by atoms with van der Waals surface area (Å²) in [6.07, 6.45) is 6.41. The van der Waals surface area contributed by atoms with Crippen molar-refractivity contribution in [2.24, 2.45) is 18.0 Å². The van der Waals surface area contributed by atoms with Crippen LogP contribution in [0.3, 0.4) is 0 Å². The Kier molecular flexibility index (Phi) is 8.59. The highest BCUT2D eigenvalue weighted by Crippen LogP contribution is 2.20. The summed E-state index contributed by atoms with van der Waals surface area (Å²) in [6, 6.07) is 8.18. The van der Waals surface area contributed by atoms with Crippen LogP contribution in [0.15, 0.2) is 41.7 Å². The van der Waals surface area contributed by atoms with Gasteiger partial charge in [-0.3, -0.25) is 9.67 Å². The maximum absolute atomic E-state index is 5.98. The Morgan fingerprint density at radius 2 is 2.11 bits per heavy atom. The van der Waals surface area contributed by atoms with Crippen molar-refractivity contribution in [3.8, 4) is 5.75 Å². The SMILES string of the molecule is CN=C(NCC(C)Oc1ccc(C)cc1)N1CCC(Cc2cnn(C)c2)C1.I. The summed E-state index contributed by atoms with van der Waals surface area (Å²) in [4.78, 5) is 6.81. The van der Waals surface area contributed by atoms with E-state index in [0.717, 1.165) is 37.8 Å². The minimum atomic E-state index is 0. The van der Waals surface area contributed by atoms with E-state index in [4.69, 9.17) is 4.74 Å². The lowest BCUT2D eigenvalue weighted by atomic mass is 10.0. The molecule has 2 unspecified atom stereocenters. The lowest BCUT2D eigenvalue weighted by Crippen LogP contribution is -2.43. The highest BCUT2D eigenvalue weighted by molar-refractivity contribution is 14.0. The van der Waals surface area contributed by atoms with Gasteiger partial charge in [0.25, 0.3) is 0 Å². The van der Waals surface area contributed by atoms with E-state index in [1.165, 1.54) is 17.5 Å². The molecule has 154 valence electrons. The summed E-state index contributed by atoms with van der Waals surface area (Å²) in [7, 11) is 3.82. The summed E-state index contributed by atoms with van der Waals surface area (Å²) in [5, 5.41) is 7.74. The first kappa shape index (κ1) is 22.5. The Balaban J connectivity index is 0.00000280. The van der Waals surface area contributed by atoms with Crippen LogP contribution in [0, 0.1) is 12.8 Å². The molecule has 6 nitrogen and oxygen atoms in total. The molecule has 7 heteroatoms.